The number of rotatable bonds is 7. The van der Waals surface area contributed by atoms with Gasteiger partial charge in [0.25, 0.3) is 0 Å². The molecule has 0 N–H and O–H groups in total. The predicted octanol–water partition coefficient (Wildman–Crippen LogP) is 5.85. The number of benzene rings is 1. The Morgan fingerprint density at radius 3 is 1.74 bits per heavy atom. The molecule has 4 rings (SSSR count). The molecule has 2 fully saturated rings. The van der Waals surface area contributed by atoms with Crippen LogP contribution < -0.4 is 14.2 Å². The second-order valence-corrected chi connectivity index (χ2v) is 13.1. The Hall–Kier alpha value is -3.69. The van der Waals surface area contributed by atoms with Crippen LogP contribution in [0, 0.1) is 12.1 Å². The zero-order valence-electron chi connectivity index (χ0n) is 26.0. The van der Waals surface area contributed by atoms with Crippen LogP contribution in [0.15, 0.2) is 36.5 Å². The molecule has 10 heteroatoms. The van der Waals surface area contributed by atoms with Crippen molar-refractivity contribution in [3.63, 3.8) is 0 Å². The third-order valence-corrected chi connectivity index (χ3v) is 7.26. The van der Waals surface area contributed by atoms with Gasteiger partial charge in [-0.05, 0) is 92.3 Å². The summed E-state index contributed by atoms with van der Waals surface area (Å²) in [6.07, 6.45) is 4.04. The average Bonchev–Trinajstić information content (AvgIpc) is 3.54. The number of nitrogens with zero attached hydrogens (tertiary/aromatic N) is 3. The van der Waals surface area contributed by atoms with Gasteiger partial charge < -0.3 is 34.0 Å². The Morgan fingerprint density at radius 1 is 0.833 bits per heavy atom. The molecule has 2 aromatic rings. The highest BCUT2D eigenvalue weighted by Crippen LogP contribution is 2.39. The fraction of sp³-hybridized carbons (Fsp3) is 0.594. The van der Waals surface area contributed by atoms with E-state index in [1.54, 1.807) is 15.9 Å². The number of ether oxygens (including phenoxy) is 4. The van der Waals surface area contributed by atoms with Crippen LogP contribution in [-0.2, 0) is 9.47 Å². The predicted molar refractivity (Wildman–Crippen MR) is 158 cm³/mol. The zero-order valence-corrected chi connectivity index (χ0v) is 26.0. The van der Waals surface area contributed by atoms with E-state index in [1.165, 1.54) is 6.20 Å². The topological polar surface area (TPSA) is 104 Å². The normalized spacial score (nSPS) is 19.1. The summed E-state index contributed by atoms with van der Waals surface area (Å²) in [5, 5.41) is 13.1. The second kappa shape index (κ2) is 12.7. The standard InChI is InChI=1S/C32H45N3O7/c1-22-12-9-19-35(38)28(22)27-25(39-20-23-13-10-17-33(23)29(36)41-31(2,3)4)15-8-16-26(27)40-21-24-14-11-18-34(24)30(37)42-32(5,6)7/h8-9,12,15-16,19,23-24H,10-11,13-14,17-18,20-21H2,1-7H3/t23-,24-/m0/s1. The molecular weight excluding hydrogens is 538 g/mol. The molecule has 0 aliphatic carbocycles. The minimum absolute atomic E-state index is 0.158. The Labute approximate surface area is 249 Å². The highest BCUT2D eigenvalue weighted by atomic mass is 16.6. The maximum Gasteiger partial charge on any atom is 0.410 e. The number of amides is 2. The van der Waals surface area contributed by atoms with Gasteiger partial charge in [0.05, 0.1) is 12.1 Å². The second-order valence-electron chi connectivity index (χ2n) is 13.1. The molecule has 0 spiro atoms. The van der Waals surface area contributed by atoms with Crippen LogP contribution in [0.5, 0.6) is 11.5 Å². The number of hydrogen-bond acceptors (Lipinski definition) is 7. The first-order chi connectivity index (χ1) is 19.7. The number of aryl methyl sites for hydroxylation is 1. The Kier molecular flexibility index (Phi) is 9.43. The van der Waals surface area contributed by atoms with Crippen LogP contribution >= 0.6 is 0 Å². The molecule has 10 nitrogen and oxygen atoms in total. The van der Waals surface area contributed by atoms with Gasteiger partial charge in [-0.3, -0.25) is 0 Å². The van der Waals surface area contributed by atoms with Crippen molar-refractivity contribution in [3.8, 4) is 22.8 Å². The summed E-state index contributed by atoms with van der Waals surface area (Å²) in [5.41, 5.74) is 0.549. The highest BCUT2D eigenvalue weighted by Gasteiger charge is 2.35. The number of likely N-dealkylation sites (tertiary alicyclic amines) is 2. The van der Waals surface area contributed by atoms with Crippen molar-refractivity contribution < 1.29 is 33.3 Å². The molecular formula is C32H45N3O7. The van der Waals surface area contributed by atoms with Gasteiger partial charge in [-0.2, -0.15) is 4.73 Å². The lowest BCUT2D eigenvalue weighted by Gasteiger charge is -2.29. The fourth-order valence-electron chi connectivity index (χ4n) is 5.40. The van der Waals surface area contributed by atoms with E-state index in [0.717, 1.165) is 36.0 Å². The average molecular weight is 584 g/mol. The van der Waals surface area contributed by atoms with E-state index in [2.05, 4.69) is 0 Å². The van der Waals surface area contributed by atoms with E-state index < -0.39 is 11.2 Å². The van der Waals surface area contributed by atoms with Crippen molar-refractivity contribution >= 4 is 12.2 Å². The third kappa shape index (κ3) is 7.77. The van der Waals surface area contributed by atoms with Crippen molar-refractivity contribution in [2.24, 2.45) is 0 Å². The fourth-order valence-corrected chi connectivity index (χ4v) is 5.40. The number of pyridine rings is 1. The summed E-state index contributed by atoms with van der Waals surface area (Å²) in [4.78, 5) is 29.1. The molecule has 0 radical (unpaired) electrons. The van der Waals surface area contributed by atoms with Crippen molar-refractivity contribution in [2.75, 3.05) is 26.3 Å². The van der Waals surface area contributed by atoms with E-state index >= 15 is 0 Å². The minimum Gasteiger partial charge on any atom is -0.618 e. The van der Waals surface area contributed by atoms with Crippen LogP contribution in [0.1, 0.15) is 72.8 Å². The number of carbonyl (C=O) groups excluding carboxylic acids is 2. The van der Waals surface area contributed by atoms with E-state index in [4.69, 9.17) is 18.9 Å². The number of hydrogen-bond donors (Lipinski definition) is 0. The highest BCUT2D eigenvalue weighted by molar-refractivity contribution is 5.75. The summed E-state index contributed by atoms with van der Waals surface area (Å²) in [6, 6.07) is 8.69. The maximum atomic E-state index is 13.1. The van der Waals surface area contributed by atoms with Gasteiger partial charge in [-0.1, -0.05) is 6.07 Å². The van der Waals surface area contributed by atoms with Gasteiger partial charge in [0.15, 0.2) is 6.20 Å². The monoisotopic (exact) mass is 583 g/mol. The van der Waals surface area contributed by atoms with Gasteiger partial charge in [0.2, 0.25) is 5.69 Å². The van der Waals surface area contributed by atoms with E-state index in [1.807, 2.05) is 72.7 Å². The SMILES string of the molecule is Cc1ccc[n+]([O-])c1-c1c(OC[C@@H]2CCCN2C(=O)OC(C)(C)C)cccc1OC[C@@H]1CCCN1C(=O)OC(C)(C)C. The Bertz CT molecular complexity index is 1180. The quantitative estimate of drug-likeness (QED) is 0.297. The lowest BCUT2D eigenvalue weighted by molar-refractivity contribution is -0.594. The Morgan fingerprint density at radius 2 is 1.31 bits per heavy atom. The van der Waals surface area contributed by atoms with Gasteiger partial charge in [-0.15, -0.1) is 0 Å². The molecule has 0 saturated carbocycles. The minimum atomic E-state index is -0.588. The number of aromatic nitrogens is 1. The molecule has 2 aliphatic rings. The van der Waals surface area contributed by atoms with Crippen LogP contribution in [0.3, 0.4) is 0 Å². The summed E-state index contributed by atoms with van der Waals surface area (Å²) >= 11 is 0. The Balaban J connectivity index is 1.57. The summed E-state index contributed by atoms with van der Waals surface area (Å²) < 4.78 is 24.7. The molecule has 2 amide bonds. The first-order valence-corrected chi connectivity index (χ1v) is 14.8. The molecule has 0 bridgehead atoms. The largest absolute Gasteiger partial charge is 0.618 e. The van der Waals surface area contributed by atoms with Crippen molar-refractivity contribution in [1.29, 1.82) is 0 Å². The maximum absolute atomic E-state index is 13.1. The molecule has 2 saturated heterocycles. The van der Waals surface area contributed by atoms with Crippen molar-refractivity contribution in [2.45, 2.75) is 97.4 Å². The molecule has 1 aromatic carbocycles. The first-order valence-electron chi connectivity index (χ1n) is 14.8. The molecule has 42 heavy (non-hydrogen) atoms. The molecule has 1 aromatic heterocycles. The lowest BCUT2D eigenvalue weighted by Crippen LogP contribution is -2.42. The molecule has 0 unspecified atom stereocenters. The first kappa shape index (κ1) is 31.3. The van der Waals surface area contributed by atoms with Crippen molar-refractivity contribution in [3.05, 3.63) is 47.3 Å². The van der Waals surface area contributed by atoms with Crippen LogP contribution in [0.25, 0.3) is 11.3 Å². The summed E-state index contributed by atoms with van der Waals surface area (Å²) in [6.45, 7) is 14.7. The van der Waals surface area contributed by atoms with Gasteiger partial charge in [0, 0.05) is 24.7 Å². The summed E-state index contributed by atoms with van der Waals surface area (Å²) in [7, 11) is 0. The molecule has 3 heterocycles. The third-order valence-electron chi connectivity index (χ3n) is 7.26. The zero-order chi connectivity index (χ0) is 30.7. The van der Waals surface area contributed by atoms with Crippen LogP contribution in [0.4, 0.5) is 9.59 Å². The molecule has 230 valence electrons. The van der Waals surface area contributed by atoms with E-state index in [9.17, 15) is 14.8 Å². The summed E-state index contributed by atoms with van der Waals surface area (Å²) in [5.74, 6) is 0.968. The molecule has 2 aliphatic heterocycles. The van der Waals surface area contributed by atoms with E-state index in [-0.39, 0.29) is 37.5 Å². The molecule has 2 atom stereocenters. The van der Waals surface area contributed by atoms with Gasteiger partial charge in [-0.25, -0.2) is 9.59 Å². The van der Waals surface area contributed by atoms with Crippen LogP contribution in [-0.4, -0.2) is 71.6 Å². The van der Waals surface area contributed by atoms with Gasteiger partial charge >= 0.3 is 12.2 Å². The smallest absolute Gasteiger partial charge is 0.410 e. The number of carbonyl (C=O) groups is 2. The van der Waals surface area contributed by atoms with Crippen molar-refractivity contribution in [1.82, 2.24) is 9.80 Å². The van der Waals surface area contributed by atoms with Gasteiger partial charge in [0.1, 0.15) is 41.5 Å². The lowest BCUT2D eigenvalue weighted by atomic mass is 10.0. The van der Waals surface area contributed by atoms with E-state index in [0.29, 0.717) is 35.8 Å². The van der Waals surface area contributed by atoms with Crippen LogP contribution in [0.2, 0.25) is 0 Å².